The van der Waals surface area contributed by atoms with Crippen molar-refractivity contribution >= 4 is 29.3 Å². The number of rotatable bonds is 4. The molecule has 1 saturated carbocycles. The number of carbonyl (C=O) groups is 2. The molecular formula is C19H24N2O3S. The first-order valence-corrected chi connectivity index (χ1v) is 10.1. The Morgan fingerprint density at radius 1 is 1.28 bits per heavy atom. The number of hydrogen-bond acceptors (Lipinski definition) is 4. The first-order chi connectivity index (χ1) is 12.0. The number of carbonyl (C=O) groups excluding carboxylic acids is 2. The highest BCUT2D eigenvalue weighted by Gasteiger charge is 2.52. The van der Waals surface area contributed by atoms with Crippen LogP contribution in [0, 0.1) is 0 Å². The molecule has 4 rings (SSSR count). The van der Waals surface area contributed by atoms with Crippen molar-refractivity contribution < 1.29 is 14.3 Å². The lowest BCUT2D eigenvalue weighted by Crippen LogP contribution is -2.48. The molecule has 2 aliphatic heterocycles. The summed E-state index contributed by atoms with van der Waals surface area (Å²) in [5, 5.41) is 2.95. The van der Waals surface area contributed by atoms with Crippen LogP contribution < -0.4 is 10.1 Å². The summed E-state index contributed by atoms with van der Waals surface area (Å²) in [5.41, 5.74) is 0.744. The molecule has 134 valence electrons. The number of thioether (sulfide) groups is 1. The fourth-order valence-corrected chi connectivity index (χ4v) is 5.49. The van der Waals surface area contributed by atoms with E-state index in [4.69, 9.17) is 4.74 Å². The second-order valence-corrected chi connectivity index (χ2v) is 8.81. The summed E-state index contributed by atoms with van der Waals surface area (Å²) < 4.78 is 5.95. The maximum atomic E-state index is 12.7. The number of amides is 2. The van der Waals surface area contributed by atoms with Crippen molar-refractivity contribution in [3.63, 3.8) is 0 Å². The van der Waals surface area contributed by atoms with Crippen LogP contribution in [-0.4, -0.2) is 39.5 Å². The van der Waals surface area contributed by atoms with Gasteiger partial charge in [0.05, 0.1) is 11.0 Å². The average Bonchev–Trinajstić information content (AvgIpc) is 3.28. The molecule has 0 bridgehead atoms. The zero-order valence-electron chi connectivity index (χ0n) is 14.5. The molecular weight excluding hydrogens is 336 g/mol. The highest BCUT2D eigenvalue weighted by Crippen LogP contribution is 2.47. The Bertz CT molecular complexity index is 672. The molecule has 1 aromatic rings. The van der Waals surface area contributed by atoms with Gasteiger partial charge in [0.15, 0.2) is 0 Å². The third-order valence-corrected chi connectivity index (χ3v) is 6.98. The standard InChI is InChI=1S/C19H24N2O3S/c1-19-11-10-17(22)21(19)16(12-25-19)18(23)20-13-6-8-15(9-7-13)24-14-4-2-3-5-14/h6-9,14,16H,2-5,10-12H2,1H3,(H,20,23)/t16-,19-/m0/s1. The van der Waals surface area contributed by atoms with E-state index < -0.39 is 0 Å². The van der Waals surface area contributed by atoms with Crippen molar-refractivity contribution in [1.82, 2.24) is 4.90 Å². The minimum Gasteiger partial charge on any atom is -0.490 e. The molecule has 1 N–H and O–H groups in total. The van der Waals surface area contributed by atoms with Crippen molar-refractivity contribution in [2.45, 2.75) is 62.5 Å². The average molecular weight is 360 g/mol. The summed E-state index contributed by atoms with van der Waals surface area (Å²) in [4.78, 5) is 26.4. The summed E-state index contributed by atoms with van der Waals surface area (Å²) >= 11 is 1.71. The molecule has 0 radical (unpaired) electrons. The number of nitrogens with one attached hydrogen (secondary N) is 1. The monoisotopic (exact) mass is 360 g/mol. The fraction of sp³-hybridized carbons (Fsp3) is 0.579. The molecule has 1 aromatic carbocycles. The number of nitrogens with zero attached hydrogens (tertiary/aromatic N) is 1. The van der Waals surface area contributed by atoms with E-state index in [9.17, 15) is 9.59 Å². The highest BCUT2D eigenvalue weighted by molar-refractivity contribution is 8.01. The number of anilines is 1. The topological polar surface area (TPSA) is 58.6 Å². The van der Waals surface area contributed by atoms with E-state index in [-0.39, 0.29) is 22.7 Å². The summed E-state index contributed by atoms with van der Waals surface area (Å²) in [6.07, 6.45) is 6.43. The van der Waals surface area contributed by atoms with Gasteiger partial charge in [-0.1, -0.05) is 0 Å². The van der Waals surface area contributed by atoms with Crippen LogP contribution in [0.5, 0.6) is 5.75 Å². The van der Waals surface area contributed by atoms with Crippen LogP contribution in [0.1, 0.15) is 45.4 Å². The van der Waals surface area contributed by atoms with Crippen molar-refractivity contribution in [3.8, 4) is 5.75 Å². The second-order valence-electron chi connectivity index (χ2n) is 7.30. The van der Waals surface area contributed by atoms with Gasteiger partial charge in [0.25, 0.3) is 0 Å². The van der Waals surface area contributed by atoms with Crippen LogP contribution in [0.2, 0.25) is 0 Å². The van der Waals surface area contributed by atoms with Gasteiger partial charge in [-0.25, -0.2) is 0 Å². The quantitative estimate of drug-likeness (QED) is 0.894. The molecule has 25 heavy (non-hydrogen) atoms. The van der Waals surface area contributed by atoms with Gasteiger partial charge in [0, 0.05) is 17.9 Å². The van der Waals surface area contributed by atoms with Crippen LogP contribution in [0.15, 0.2) is 24.3 Å². The molecule has 3 aliphatic rings. The van der Waals surface area contributed by atoms with Crippen LogP contribution in [-0.2, 0) is 9.59 Å². The summed E-state index contributed by atoms with van der Waals surface area (Å²) in [6.45, 7) is 2.06. The molecule has 0 unspecified atom stereocenters. The Hall–Kier alpha value is -1.69. The van der Waals surface area contributed by atoms with Crippen molar-refractivity contribution in [2.24, 2.45) is 0 Å². The summed E-state index contributed by atoms with van der Waals surface area (Å²) in [6, 6.07) is 7.18. The fourth-order valence-electron chi connectivity index (χ4n) is 4.06. The van der Waals surface area contributed by atoms with Gasteiger partial charge >= 0.3 is 0 Å². The molecule has 2 heterocycles. The largest absolute Gasteiger partial charge is 0.490 e. The molecule has 2 amide bonds. The number of fused-ring (bicyclic) bond motifs is 1. The van der Waals surface area contributed by atoms with E-state index in [1.807, 2.05) is 24.3 Å². The maximum Gasteiger partial charge on any atom is 0.248 e. The Balaban J connectivity index is 1.38. The summed E-state index contributed by atoms with van der Waals surface area (Å²) in [7, 11) is 0. The van der Waals surface area contributed by atoms with E-state index >= 15 is 0 Å². The molecule has 2 atom stereocenters. The molecule has 6 heteroatoms. The van der Waals surface area contributed by atoms with Crippen LogP contribution >= 0.6 is 11.8 Å². The van der Waals surface area contributed by atoms with Crippen molar-refractivity contribution in [2.75, 3.05) is 11.1 Å². The van der Waals surface area contributed by atoms with E-state index in [0.29, 0.717) is 18.3 Å². The Morgan fingerprint density at radius 2 is 2.00 bits per heavy atom. The number of hydrogen-bond donors (Lipinski definition) is 1. The lowest BCUT2D eigenvalue weighted by atomic mass is 10.2. The number of benzene rings is 1. The highest BCUT2D eigenvalue weighted by atomic mass is 32.2. The van der Waals surface area contributed by atoms with Crippen LogP contribution in [0.25, 0.3) is 0 Å². The Kier molecular flexibility index (Phi) is 4.40. The summed E-state index contributed by atoms with van der Waals surface area (Å²) in [5.74, 6) is 1.50. The minimum atomic E-state index is -0.376. The van der Waals surface area contributed by atoms with Gasteiger partial charge in [0.1, 0.15) is 11.8 Å². The van der Waals surface area contributed by atoms with Gasteiger partial charge < -0.3 is 15.0 Å². The molecule has 3 fully saturated rings. The molecule has 5 nitrogen and oxygen atoms in total. The third kappa shape index (κ3) is 3.24. The third-order valence-electron chi connectivity index (χ3n) is 5.47. The SMILES string of the molecule is C[C@]12CCC(=O)N1[C@H](C(=O)Nc1ccc(OC3CCCC3)cc1)CS2. The first-order valence-electron chi connectivity index (χ1n) is 9.09. The van der Waals surface area contributed by atoms with Gasteiger partial charge in [-0.3, -0.25) is 9.59 Å². The lowest BCUT2D eigenvalue weighted by molar-refractivity contribution is -0.135. The zero-order valence-corrected chi connectivity index (χ0v) is 15.3. The smallest absolute Gasteiger partial charge is 0.248 e. The van der Waals surface area contributed by atoms with E-state index in [2.05, 4.69) is 12.2 Å². The van der Waals surface area contributed by atoms with E-state index in [1.165, 1.54) is 12.8 Å². The van der Waals surface area contributed by atoms with E-state index in [0.717, 1.165) is 30.7 Å². The number of ether oxygens (including phenoxy) is 1. The van der Waals surface area contributed by atoms with Gasteiger partial charge in [-0.2, -0.15) is 0 Å². The lowest BCUT2D eigenvalue weighted by Gasteiger charge is -2.29. The first kappa shape index (κ1) is 16.8. The van der Waals surface area contributed by atoms with Crippen LogP contribution in [0.3, 0.4) is 0 Å². The predicted molar refractivity (Wildman–Crippen MR) is 98.7 cm³/mol. The van der Waals surface area contributed by atoms with Gasteiger partial charge in [-0.05, 0) is 63.3 Å². The van der Waals surface area contributed by atoms with Crippen LogP contribution in [0.4, 0.5) is 5.69 Å². The molecule has 1 aliphatic carbocycles. The normalized spacial score (nSPS) is 29.1. The second kappa shape index (κ2) is 6.56. The molecule has 0 aromatic heterocycles. The predicted octanol–water partition coefficient (Wildman–Crippen LogP) is 3.40. The Morgan fingerprint density at radius 3 is 2.72 bits per heavy atom. The van der Waals surface area contributed by atoms with Gasteiger partial charge in [0.2, 0.25) is 11.8 Å². The maximum absolute atomic E-state index is 12.7. The van der Waals surface area contributed by atoms with Crippen molar-refractivity contribution in [1.29, 1.82) is 0 Å². The van der Waals surface area contributed by atoms with E-state index in [1.54, 1.807) is 16.7 Å². The zero-order chi connectivity index (χ0) is 17.4. The Labute approximate surface area is 152 Å². The van der Waals surface area contributed by atoms with Crippen molar-refractivity contribution in [3.05, 3.63) is 24.3 Å². The van der Waals surface area contributed by atoms with Gasteiger partial charge in [-0.15, -0.1) is 11.8 Å². The molecule has 0 spiro atoms. The minimum absolute atomic E-state index is 0.0907. The molecule has 2 saturated heterocycles.